The lowest BCUT2D eigenvalue weighted by molar-refractivity contribution is -0.137. The smallest absolute Gasteiger partial charge is 0.211 e. The van der Waals surface area contributed by atoms with Crippen LogP contribution in [-0.2, 0) is 16.2 Å². The van der Waals surface area contributed by atoms with Crippen molar-refractivity contribution in [3.05, 3.63) is 35.4 Å². The Morgan fingerprint density at radius 2 is 1.76 bits per heavy atom. The van der Waals surface area contributed by atoms with Gasteiger partial charge in [-0.3, -0.25) is 0 Å². The standard InChI is InChI=1S/C13H15F3N2O2S/c1-9(2)12(18-21(19,20)8-7-17)10-3-5-11(6-4-10)13(14,15)16/h3-6,9,12,18H,8H2,1-2H3/t12-/m0/s1. The Morgan fingerprint density at radius 3 is 2.14 bits per heavy atom. The van der Waals surface area contributed by atoms with E-state index in [1.165, 1.54) is 18.2 Å². The third-order valence-electron chi connectivity index (χ3n) is 2.82. The molecule has 0 fully saturated rings. The number of nitriles is 1. The molecule has 1 rings (SSSR count). The summed E-state index contributed by atoms with van der Waals surface area (Å²) in [5.41, 5.74) is -0.381. The van der Waals surface area contributed by atoms with E-state index in [2.05, 4.69) is 4.72 Å². The molecule has 0 radical (unpaired) electrons. The molecule has 0 aliphatic carbocycles. The molecular formula is C13H15F3N2O2S. The lowest BCUT2D eigenvalue weighted by Crippen LogP contribution is -2.33. The van der Waals surface area contributed by atoms with E-state index in [0.717, 1.165) is 12.1 Å². The molecule has 0 saturated carbocycles. The number of benzene rings is 1. The first kappa shape index (κ1) is 17.5. The summed E-state index contributed by atoms with van der Waals surface area (Å²) in [7, 11) is -3.80. The van der Waals surface area contributed by atoms with Crippen LogP contribution in [0.3, 0.4) is 0 Å². The van der Waals surface area contributed by atoms with E-state index < -0.39 is 33.6 Å². The van der Waals surface area contributed by atoms with Gasteiger partial charge in [0, 0.05) is 6.04 Å². The molecule has 0 aliphatic heterocycles. The van der Waals surface area contributed by atoms with E-state index in [4.69, 9.17) is 5.26 Å². The molecular weight excluding hydrogens is 305 g/mol. The molecule has 0 saturated heterocycles. The van der Waals surface area contributed by atoms with Crippen molar-refractivity contribution >= 4 is 10.0 Å². The van der Waals surface area contributed by atoms with E-state index in [1.807, 2.05) is 0 Å². The maximum absolute atomic E-state index is 12.5. The summed E-state index contributed by atoms with van der Waals surface area (Å²) < 4.78 is 63.1. The molecule has 0 amide bonds. The van der Waals surface area contributed by atoms with Crippen molar-refractivity contribution < 1.29 is 21.6 Å². The first-order valence-corrected chi connectivity index (χ1v) is 7.76. The second-order valence-corrected chi connectivity index (χ2v) is 6.63. The van der Waals surface area contributed by atoms with Gasteiger partial charge in [-0.2, -0.15) is 18.4 Å². The van der Waals surface area contributed by atoms with Crippen LogP contribution in [0, 0.1) is 17.2 Å². The lowest BCUT2D eigenvalue weighted by atomic mass is 9.96. The van der Waals surface area contributed by atoms with Crippen LogP contribution in [0.5, 0.6) is 0 Å². The van der Waals surface area contributed by atoms with Gasteiger partial charge in [-0.05, 0) is 23.6 Å². The van der Waals surface area contributed by atoms with Gasteiger partial charge >= 0.3 is 6.18 Å². The molecule has 1 aromatic carbocycles. The summed E-state index contributed by atoms with van der Waals surface area (Å²) >= 11 is 0. The van der Waals surface area contributed by atoms with E-state index in [1.54, 1.807) is 13.8 Å². The first-order chi connectivity index (χ1) is 9.57. The quantitative estimate of drug-likeness (QED) is 0.907. The van der Waals surface area contributed by atoms with Gasteiger partial charge in [0.05, 0.1) is 11.6 Å². The van der Waals surface area contributed by atoms with Gasteiger partial charge in [-0.1, -0.05) is 26.0 Å². The van der Waals surface area contributed by atoms with Gasteiger partial charge in [-0.15, -0.1) is 0 Å². The summed E-state index contributed by atoms with van der Waals surface area (Å²) in [6.45, 7) is 3.47. The minimum Gasteiger partial charge on any atom is -0.211 e. The maximum Gasteiger partial charge on any atom is 0.416 e. The Kier molecular flexibility index (Phi) is 5.36. The highest BCUT2D eigenvalue weighted by Gasteiger charge is 2.30. The third kappa shape index (κ3) is 5.02. The minimum atomic E-state index is -4.44. The molecule has 1 N–H and O–H groups in total. The summed E-state index contributed by atoms with van der Waals surface area (Å²) in [6, 6.07) is 5.13. The van der Waals surface area contributed by atoms with Crippen LogP contribution < -0.4 is 4.72 Å². The van der Waals surface area contributed by atoms with Crippen LogP contribution in [0.25, 0.3) is 0 Å². The topological polar surface area (TPSA) is 70.0 Å². The average molecular weight is 320 g/mol. The maximum atomic E-state index is 12.5. The van der Waals surface area contributed by atoms with Gasteiger partial charge in [0.1, 0.15) is 0 Å². The third-order valence-corrected chi connectivity index (χ3v) is 3.95. The zero-order valence-corrected chi connectivity index (χ0v) is 12.3. The second-order valence-electron chi connectivity index (χ2n) is 4.88. The van der Waals surface area contributed by atoms with Crippen LogP contribution >= 0.6 is 0 Å². The molecule has 0 aliphatic rings. The highest BCUT2D eigenvalue weighted by Crippen LogP contribution is 2.31. The minimum absolute atomic E-state index is 0.185. The number of sulfonamides is 1. The number of hydrogen-bond acceptors (Lipinski definition) is 3. The normalized spacial score (nSPS) is 14.0. The van der Waals surface area contributed by atoms with Crippen molar-refractivity contribution in [2.45, 2.75) is 26.1 Å². The fraction of sp³-hybridized carbons (Fsp3) is 0.462. The van der Waals surface area contributed by atoms with Crippen LogP contribution in [0.2, 0.25) is 0 Å². The van der Waals surface area contributed by atoms with Gasteiger partial charge < -0.3 is 0 Å². The van der Waals surface area contributed by atoms with Crippen LogP contribution in [0.1, 0.15) is 31.0 Å². The zero-order chi connectivity index (χ0) is 16.3. The largest absolute Gasteiger partial charge is 0.416 e. The number of rotatable bonds is 5. The van der Waals surface area contributed by atoms with Crippen molar-refractivity contribution in [1.82, 2.24) is 4.72 Å². The molecule has 0 spiro atoms. The van der Waals surface area contributed by atoms with E-state index in [0.29, 0.717) is 5.56 Å². The molecule has 116 valence electrons. The fourth-order valence-corrected chi connectivity index (χ4v) is 2.84. The van der Waals surface area contributed by atoms with Crippen molar-refractivity contribution in [2.24, 2.45) is 5.92 Å². The Bertz CT molecular complexity index is 616. The van der Waals surface area contributed by atoms with Gasteiger partial charge in [0.2, 0.25) is 10.0 Å². The molecule has 1 aromatic rings. The van der Waals surface area contributed by atoms with Crippen molar-refractivity contribution in [2.75, 3.05) is 5.75 Å². The van der Waals surface area contributed by atoms with Crippen LogP contribution in [-0.4, -0.2) is 14.2 Å². The van der Waals surface area contributed by atoms with Gasteiger partial charge in [0.25, 0.3) is 0 Å². The molecule has 8 heteroatoms. The summed E-state index contributed by atoms with van der Waals surface area (Å²) in [4.78, 5) is 0. The van der Waals surface area contributed by atoms with Crippen molar-refractivity contribution in [3.8, 4) is 6.07 Å². The number of halogens is 3. The summed E-state index contributed by atoms with van der Waals surface area (Å²) in [6.07, 6.45) is -4.44. The number of nitrogens with zero attached hydrogens (tertiary/aromatic N) is 1. The molecule has 0 bridgehead atoms. The first-order valence-electron chi connectivity index (χ1n) is 6.11. The van der Waals surface area contributed by atoms with Crippen molar-refractivity contribution in [3.63, 3.8) is 0 Å². The highest BCUT2D eigenvalue weighted by molar-refractivity contribution is 7.89. The van der Waals surface area contributed by atoms with E-state index >= 15 is 0 Å². The van der Waals surface area contributed by atoms with Crippen LogP contribution in [0.15, 0.2) is 24.3 Å². The van der Waals surface area contributed by atoms with Crippen molar-refractivity contribution in [1.29, 1.82) is 5.26 Å². The Balaban J connectivity index is 3.06. The molecule has 0 aromatic heterocycles. The highest BCUT2D eigenvalue weighted by atomic mass is 32.2. The molecule has 1 atom stereocenters. The number of nitrogens with one attached hydrogen (secondary N) is 1. The fourth-order valence-electron chi connectivity index (χ4n) is 1.79. The molecule has 0 heterocycles. The van der Waals surface area contributed by atoms with Gasteiger partial charge in [-0.25, -0.2) is 13.1 Å². The van der Waals surface area contributed by atoms with Gasteiger partial charge in [0.15, 0.2) is 5.75 Å². The predicted octanol–water partition coefficient (Wildman–Crippen LogP) is 2.85. The second kappa shape index (κ2) is 6.45. The van der Waals surface area contributed by atoms with E-state index in [-0.39, 0.29) is 5.92 Å². The number of hydrogen-bond donors (Lipinski definition) is 1. The monoisotopic (exact) mass is 320 g/mol. The predicted molar refractivity (Wildman–Crippen MR) is 71.6 cm³/mol. The summed E-state index contributed by atoms with van der Waals surface area (Å²) in [5, 5.41) is 8.46. The van der Waals surface area contributed by atoms with Crippen LogP contribution in [0.4, 0.5) is 13.2 Å². The average Bonchev–Trinajstić information content (AvgIpc) is 2.35. The Morgan fingerprint density at radius 1 is 1.24 bits per heavy atom. The van der Waals surface area contributed by atoms with E-state index in [9.17, 15) is 21.6 Å². The Labute approximate surface area is 121 Å². The zero-order valence-electron chi connectivity index (χ0n) is 11.5. The molecule has 21 heavy (non-hydrogen) atoms. The number of alkyl halides is 3. The SMILES string of the molecule is CC(C)[C@H](NS(=O)(=O)CC#N)c1ccc(C(F)(F)F)cc1. The summed E-state index contributed by atoms with van der Waals surface area (Å²) in [5.74, 6) is -0.883. The molecule has 4 nitrogen and oxygen atoms in total. The Hall–Kier alpha value is -1.59. The molecule has 0 unspecified atom stereocenters. The lowest BCUT2D eigenvalue weighted by Gasteiger charge is -2.22.